The first-order valence-corrected chi connectivity index (χ1v) is 10.0. The zero-order valence-electron chi connectivity index (χ0n) is 17.3. The monoisotopic (exact) mass is 488 g/mol. The van der Waals surface area contributed by atoms with Crippen LogP contribution in [0.1, 0.15) is 51.5 Å². The number of hydrogen-bond acceptors (Lipinski definition) is 3. The second kappa shape index (κ2) is 13.2. The van der Waals surface area contributed by atoms with Gasteiger partial charge >= 0.3 is 0 Å². The molecule has 0 spiro atoms. The van der Waals surface area contributed by atoms with Crippen molar-refractivity contribution >= 4 is 29.9 Å². The summed E-state index contributed by atoms with van der Waals surface area (Å²) in [4.78, 5) is 6.89. The van der Waals surface area contributed by atoms with Gasteiger partial charge in [0.15, 0.2) is 5.96 Å². The number of rotatable bonds is 8. The van der Waals surface area contributed by atoms with Crippen LogP contribution >= 0.6 is 24.0 Å². The van der Waals surface area contributed by atoms with E-state index in [9.17, 15) is 0 Å². The minimum atomic E-state index is 0. The number of piperidine rings is 1. The van der Waals surface area contributed by atoms with Crippen molar-refractivity contribution in [2.24, 2.45) is 4.99 Å². The number of guanidine groups is 1. The molecule has 27 heavy (non-hydrogen) atoms. The Hall–Kier alpha value is -1.02. The van der Waals surface area contributed by atoms with E-state index >= 15 is 0 Å². The van der Waals surface area contributed by atoms with Crippen molar-refractivity contribution in [2.75, 3.05) is 39.8 Å². The van der Waals surface area contributed by atoms with Gasteiger partial charge in [-0.2, -0.15) is 0 Å². The van der Waals surface area contributed by atoms with Crippen molar-refractivity contribution in [2.45, 2.75) is 52.0 Å². The van der Waals surface area contributed by atoms with E-state index in [0.29, 0.717) is 18.6 Å². The molecule has 0 atom stereocenters. The molecule has 6 heteroatoms. The zero-order chi connectivity index (χ0) is 18.8. The molecule has 1 aromatic carbocycles. The van der Waals surface area contributed by atoms with Gasteiger partial charge in [0.05, 0.1) is 6.54 Å². The summed E-state index contributed by atoms with van der Waals surface area (Å²) in [6.07, 6.45) is 3.60. The molecule has 5 nitrogen and oxygen atoms in total. The molecule has 0 aromatic heterocycles. The normalized spacial score (nSPS) is 16.1. The SMILES string of the molecule is CCCN1CCC(NC(=NC)NCCOc2ccc(C(C)C)cc2)CC1.I. The molecule has 0 saturated carbocycles. The van der Waals surface area contributed by atoms with Crippen LogP contribution in [0.15, 0.2) is 29.3 Å². The number of nitrogens with zero attached hydrogens (tertiary/aromatic N) is 2. The first-order valence-electron chi connectivity index (χ1n) is 10.0. The van der Waals surface area contributed by atoms with Crippen molar-refractivity contribution in [3.05, 3.63) is 29.8 Å². The molecule has 2 N–H and O–H groups in total. The zero-order valence-corrected chi connectivity index (χ0v) is 19.7. The average Bonchev–Trinajstić information content (AvgIpc) is 2.66. The molecule has 2 rings (SSSR count). The summed E-state index contributed by atoms with van der Waals surface area (Å²) in [5.74, 6) is 2.34. The minimum Gasteiger partial charge on any atom is -0.492 e. The van der Waals surface area contributed by atoms with Gasteiger partial charge in [0.25, 0.3) is 0 Å². The third-order valence-electron chi connectivity index (χ3n) is 4.90. The lowest BCUT2D eigenvalue weighted by Crippen LogP contribution is -2.49. The second-order valence-electron chi connectivity index (χ2n) is 7.33. The van der Waals surface area contributed by atoms with Crippen LogP contribution in [-0.2, 0) is 0 Å². The van der Waals surface area contributed by atoms with E-state index in [1.54, 1.807) is 0 Å². The van der Waals surface area contributed by atoms with Crippen LogP contribution < -0.4 is 15.4 Å². The largest absolute Gasteiger partial charge is 0.492 e. The molecule has 1 aliphatic rings. The molecule has 1 fully saturated rings. The molecule has 0 bridgehead atoms. The number of likely N-dealkylation sites (tertiary alicyclic amines) is 1. The number of benzene rings is 1. The summed E-state index contributed by atoms with van der Waals surface area (Å²) in [5.41, 5.74) is 1.34. The highest BCUT2D eigenvalue weighted by Gasteiger charge is 2.19. The van der Waals surface area contributed by atoms with Crippen LogP contribution in [0.25, 0.3) is 0 Å². The number of nitrogens with one attached hydrogen (secondary N) is 2. The molecule has 154 valence electrons. The topological polar surface area (TPSA) is 48.9 Å². The van der Waals surface area contributed by atoms with Crippen molar-refractivity contribution in [3.63, 3.8) is 0 Å². The second-order valence-corrected chi connectivity index (χ2v) is 7.33. The van der Waals surface area contributed by atoms with Gasteiger partial charge in [-0.15, -0.1) is 24.0 Å². The Bertz CT molecular complexity index is 540. The van der Waals surface area contributed by atoms with Gasteiger partial charge in [-0.3, -0.25) is 4.99 Å². The number of halogens is 1. The lowest BCUT2D eigenvalue weighted by molar-refractivity contribution is 0.206. The Morgan fingerprint density at radius 2 is 1.89 bits per heavy atom. The summed E-state index contributed by atoms with van der Waals surface area (Å²) in [6, 6.07) is 8.88. The van der Waals surface area contributed by atoms with E-state index in [-0.39, 0.29) is 24.0 Å². The van der Waals surface area contributed by atoms with Gasteiger partial charge in [0, 0.05) is 26.2 Å². The summed E-state index contributed by atoms with van der Waals surface area (Å²) in [6.45, 7) is 11.6. The van der Waals surface area contributed by atoms with Crippen LogP contribution in [-0.4, -0.2) is 56.7 Å². The summed E-state index contributed by atoms with van der Waals surface area (Å²) in [7, 11) is 1.83. The highest BCUT2D eigenvalue weighted by Crippen LogP contribution is 2.18. The fourth-order valence-electron chi connectivity index (χ4n) is 3.29. The highest BCUT2D eigenvalue weighted by atomic mass is 127. The fourth-order valence-corrected chi connectivity index (χ4v) is 3.29. The first-order chi connectivity index (χ1) is 12.6. The number of ether oxygens (including phenoxy) is 1. The maximum Gasteiger partial charge on any atom is 0.191 e. The molecule has 1 aromatic rings. The molecular formula is C21H37IN4O. The minimum absolute atomic E-state index is 0. The molecule has 1 saturated heterocycles. The fraction of sp³-hybridized carbons (Fsp3) is 0.667. The Balaban J connectivity index is 0.00000364. The molecule has 1 heterocycles. The molecule has 0 amide bonds. The van der Waals surface area contributed by atoms with Gasteiger partial charge in [-0.05, 0) is 49.4 Å². The maximum atomic E-state index is 5.81. The Kier molecular flexibility index (Phi) is 11.7. The van der Waals surface area contributed by atoms with Gasteiger partial charge < -0.3 is 20.3 Å². The molecular weight excluding hydrogens is 451 g/mol. The molecule has 0 aliphatic carbocycles. The smallest absolute Gasteiger partial charge is 0.191 e. The summed E-state index contributed by atoms with van der Waals surface area (Å²) >= 11 is 0. The van der Waals surface area contributed by atoms with E-state index in [2.05, 4.69) is 53.4 Å². The molecule has 1 aliphatic heterocycles. The number of aliphatic imine (C=N–C) groups is 1. The van der Waals surface area contributed by atoms with Crippen molar-refractivity contribution < 1.29 is 4.74 Å². The number of hydrogen-bond donors (Lipinski definition) is 2. The van der Waals surface area contributed by atoms with Gasteiger partial charge in [0.2, 0.25) is 0 Å². The summed E-state index contributed by atoms with van der Waals surface area (Å²) in [5, 5.41) is 6.90. The van der Waals surface area contributed by atoms with E-state index < -0.39 is 0 Å². The Labute approximate surface area is 182 Å². The van der Waals surface area contributed by atoms with E-state index in [4.69, 9.17) is 4.74 Å². The predicted molar refractivity (Wildman–Crippen MR) is 126 cm³/mol. The Morgan fingerprint density at radius 3 is 2.44 bits per heavy atom. The van der Waals surface area contributed by atoms with Crippen molar-refractivity contribution in [3.8, 4) is 5.75 Å². The van der Waals surface area contributed by atoms with Gasteiger partial charge in [-0.25, -0.2) is 0 Å². The van der Waals surface area contributed by atoms with E-state index in [1.807, 2.05) is 19.2 Å². The third-order valence-corrected chi connectivity index (χ3v) is 4.90. The van der Waals surface area contributed by atoms with Crippen LogP contribution in [0.5, 0.6) is 5.75 Å². The summed E-state index contributed by atoms with van der Waals surface area (Å²) < 4.78 is 5.81. The average molecular weight is 488 g/mol. The quantitative estimate of drug-likeness (QED) is 0.253. The van der Waals surface area contributed by atoms with Crippen LogP contribution in [0, 0.1) is 0 Å². The highest BCUT2D eigenvalue weighted by molar-refractivity contribution is 14.0. The van der Waals surface area contributed by atoms with Gasteiger partial charge in [-0.1, -0.05) is 32.9 Å². The van der Waals surface area contributed by atoms with E-state index in [1.165, 1.54) is 44.5 Å². The van der Waals surface area contributed by atoms with Crippen molar-refractivity contribution in [1.29, 1.82) is 0 Å². The van der Waals surface area contributed by atoms with Gasteiger partial charge in [0.1, 0.15) is 12.4 Å². The van der Waals surface area contributed by atoms with Crippen LogP contribution in [0.3, 0.4) is 0 Å². The van der Waals surface area contributed by atoms with E-state index in [0.717, 1.165) is 18.3 Å². The molecule has 0 unspecified atom stereocenters. The third kappa shape index (κ3) is 8.68. The maximum absolute atomic E-state index is 5.81. The first kappa shape index (κ1) is 24.0. The lowest BCUT2D eigenvalue weighted by atomic mass is 10.0. The molecule has 0 radical (unpaired) electrons. The lowest BCUT2D eigenvalue weighted by Gasteiger charge is -2.32. The Morgan fingerprint density at radius 1 is 1.22 bits per heavy atom. The van der Waals surface area contributed by atoms with Crippen molar-refractivity contribution in [1.82, 2.24) is 15.5 Å². The van der Waals surface area contributed by atoms with Crippen LogP contribution in [0.2, 0.25) is 0 Å². The predicted octanol–water partition coefficient (Wildman–Crippen LogP) is 3.85. The standard InChI is InChI=1S/C21H36N4O.HI/c1-5-13-25-14-10-19(11-15-25)24-21(22-4)23-12-16-26-20-8-6-18(7-9-20)17(2)3;/h6-9,17,19H,5,10-16H2,1-4H3,(H2,22,23,24);1H. The van der Waals surface area contributed by atoms with Crippen LogP contribution in [0.4, 0.5) is 0 Å².